The van der Waals surface area contributed by atoms with Crippen LogP contribution in [0.2, 0.25) is 0 Å². The number of nitrogens with zero attached hydrogens (tertiary/aromatic N) is 2. The molecule has 1 aromatic carbocycles. The van der Waals surface area contributed by atoms with Gasteiger partial charge in [-0.3, -0.25) is 4.79 Å². The van der Waals surface area contributed by atoms with Gasteiger partial charge in [0.2, 0.25) is 0 Å². The van der Waals surface area contributed by atoms with Crippen molar-refractivity contribution in [1.29, 1.82) is 0 Å². The average Bonchev–Trinajstić information content (AvgIpc) is 2.97. The number of hydrogen-bond donors (Lipinski definition) is 2. The fourth-order valence-corrected chi connectivity index (χ4v) is 2.12. The number of rotatable bonds is 6. The molecule has 2 aromatic rings. The number of nitrogens with one attached hydrogen (secondary N) is 1. The Balaban J connectivity index is 2.21. The maximum absolute atomic E-state index is 12.1. The normalized spacial score (nSPS) is 12.0. The van der Waals surface area contributed by atoms with Crippen LogP contribution >= 0.6 is 0 Å². The first-order chi connectivity index (χ1) is 10.5. The molecule has 1 atom stereocenters. The van der Waals surface area contributed by atoms with E-state index in [0.29, 0.717) is 17.9 Å². The van der Waals surface area contributed by atoms with Gasteiger partial charge in [-0.15, -0.1) is 0 Å². The molecule has 118 valence electrons. The predicted octanol–water partition coefficient (Wildman–Crippen LogP) is 1.69. The molecule has 0 spiro atoms. The summed E-state index contributed by atoms with van der Waals surface area (Å²) in [5, 5.41) is 16.0. The minimum absolute atomic E-state index is 0.0381. The van der Waals surface area contributed by atoms with Crippen LogP contribution in [0, 0.1) is 6.92 Å². The first-order valence-electron chi connectivity index (χ1n) is 7.17. The van der Waals surface area contributed by atoms with E-state index in [1.165, 1.54) is 0 Å². The predicted molar refractivity (Wildman–Crippen MR) is 83.5 cm³/mol. The second-order valence-corrected chi connectivity index (χ2v) is 5.21. The van der Waals surface area contributed by atoms with E-state index in [1.54, 1.807) is 24.1 Å². The van der Waals surface area contributed by atoms with E-state index in [0.717, 1.165) is 11.3 Å². The minimum Gasteiger partial charge on any atom is -0.494 e. The molecule has 0 aliphatic heterocycles. The second kappa shape index (κ2) is 7.09. The smallest absolute Gasteiger partial charge is 0.271 e. The quantitative estimate of drug-likeness (QED) is 0.851. The van der Waals surface area contributed by atoms with Gasteiger partial charge >= 0.3 is 0 Å². The number of carbonyl (C=O) groups is 1. The molecule has 6 nitrogen and oxygen atoms in total. The van der Waals surface area contributed by atoms with Gasteiger partial charge in [0, 0.05) is 18.8 Å². The van der Waals surface area contributed by atoms with Gasteiger partial charge in [0.15, 0.2) is 5.69 Å². The molecule has 2 rings (SSSR count). The lowest BCUT2D eigenvalue weighted by Gasteiger charge is -2.11. The molecule has 1 unspecified atom stereocenters. The SMILES string of the molecule is COc1ccc(C)cc1-n1ccc(C(=O)NC(C)CCO)n1. The Morgan fingerprint density at radius 3 is 2.91 bits per heavy atom. The molecular weight excluding hydrogens is 282 g/mol. The Labute approximate surface area is 129 Å². The number of aliphatic hydroxyl groups is 1. The lowest BCUT2D eigenvalue weighted by Crippen LogP contribution is -2.33. The number of benzene rings is 1. The van der Waals surface area contributed by atoms with E-state index in [-0.39, 0.29) is 18.6 Å². The van der Waals surface area contributed by atoms with Crippen LogP contribution in [0.5, 0.6) is 5.75 Å². The largest absolute Gasteiger partial charge is 0.494 e. The van der Waals surface area contributed by atoms with Gasteiger partial charge in [-0.25, -0.2) is 4.68 Å². The summed E-state index contributed by atoms with van der Waals surface area (Å²) in [7, 11) is 1.60. The summed E-state index contributed by atoms with van der Waals surface area (Å²) in [6.45, 7) is 3.86. The van der Waals surface area contributed by atoms with Crippen molar-refractivity contribution in [2.75, 3.05) is 13.7 Å². The Hall–Kier alpha value is -2.34. The molecule has 1 amide bonds. The molecular formula is C16H21N3O3. The van der Waals surface area contributed by atoms with Crippen molar-refractivity contribution in [3.63, 3.8) is 0 Å². The number of hydrogen-bond acceptors (Lipinski definition) is 4. The molecule has 2 N–H and O–H groups in total. The zero-order valence-corrected chi connectivity index (χ0v) is 13.0. The summed E-state index contributed by atoms with van der Waals surface area (Å²) in [5.74, 6) is 0.431. The zero-order valence-electron chi connectivity index (χ0n) is 13.0. The lowest BCUT2D eigenvalue weighted by atomic mass is 10.2. The van der Waals surface area contributed by atoms with Crippen LogP contribution < -0.4 is 10.1 Å². The molecule has 0 radical (unpaired) electrons. The van der Waals surface area contributed by atoms with E-state index in [4.69, 9.17) is 9.84 Å². The van der Waals surface area contributed by atoms with Gasteiger partial charge in [0.05, 0.1) is 7.11 Å². The van der Waals surface area contributed by atoms with E-state index in [1.807, 2.05) is 32.0 Å². The second-order valence-electron chi connectivity index (χ2n) is 5.21. The number of methoxy groups -OCH3 is 1. The highest BCUT2D eigenvalue weighted by Gasteiger charge is 2.14. The Morgan fingerprint density at radius 1 is 1.45 bits per heavy atom. The summed E-state index contributed by atoms with van der Waals surface area (Å²) < 4.78 is 6.95. The summed E-state index contributed by atoms with van der Waals surface area (Å²) in [4.78, 5) is 12.1. The van der Waals surface area contributed by atoms with E-state index < -0.39 is 0 Å². The van der Waals surface area contributed by atoms with Gasteiger partial charge < -0.3 is 15.2 Å². The minimum atomic E-state index is -0.258. The van der Waals surface area contributed by atoms with Gasteiger partial charge in [-0.1, -0.05) is 6.07 Å². The molecule has 0 aliphatic rings. The van der Waals surface area contributed by atoms with Crippen LogP contribution in [0.3, 0.4) is 0 Å². The summed E-state index contributed by atoms with van der Waals surface area (Å²) in [5.41, 5.74) is 2.19. The zero-order chi connectivity index (χ0) is 16.1. The number of aromatic nitrogens is 2. The van der Waals surface area contributed by atoms with Gasteiger partial charge in [0.25, 0.3) is 5.91 Å². The van der Waals surface area contributed by atoms with Crippen LogP contribution in [0.15, 0.2) is 30.5 Å². The molecule has 0 aliphatic carbocycles. The first kappa shape index (κ1) is 16.0. The van der Waals surface area contributed by atoms with Crippen LogP contribution in [0.4, 0.5) is 0 Å². The van der Waals surface area contributed by atoms with E-state index in [2.05, 4.69) is 10.4 Å². The van der Waals surface area contributed by atoms with E-state index in [9.17, 15) is 4.79 Å². The third-order valence-corrected chi connectivity index (χ3v) is 3.34. The number of aliphatic hydroxyl groups excluding tert-OH is 1. The van der Waals surface area contributed by atoms with Crippen molar-refractivity contribution in [2.24, 2.45) is 0 Å². The Bertz CT molecular complexity index is 652. The van der Waals surface area contributed by atoms with E-state index >= 15 is 0 Å². The molecule has 6 heteroatoms. The number of aryl methyl sites for hydroxylation is 1. The Kier molecular flexibility index (Phi) is 5.16. The van der Waals surface area contributed by atoms with Crippen molar-refractivity contribution in [2.45, 2.75) is 26.3 Å². The fourth-order valence-electron chi connectivity index (χ4n) is 2.12. The monoisotopic (exact) mass is 303 g/mol. The molecule has 0 bridgehead atoms. The maximum atomic E-state index is 12.1. The molecule has 0 saturated carbocycles. The first-order valence-corrected chi connectivity index (χ1v) is 7.17. The summed E-state index contributed by atoms with van der Waals surface area (Å²) in [6.07, 6.45) is 2.24. The van der Waals surface area contributed by atoms with Crippen molar-refractivity contribution in [1.82, 2.24) is 15.1 Å². The number of ether oxygens (including phenoxy) is 1. The molecule has 1 aromatic heterocycles. The fraction of sp³-hybridized carbons (Fsp3) is 0.375. The highest BCUT2D eigenvalue weighted by molar-refractivity contribution is 5.92. The topological polar surface area (TPSA) is 76.4 Å². The summed E-state index contributed by atoms with van der Waals surface area (Å²) >= 11 is 0. The maximum Gasteiger partial charge on any atom is 0.271 e. The van der Waals surface area contributed by atoms with Crippen molar-refractivity contribution < 1.29 is 14.6 Å². The molecule has 0 fully saturated rings. The van der Waals surface area contributed by atoms with Gasteiger partial charge in [-0.05, 0) is 44.0 Å². The van der Waals surface area contributed by atoms with Gasteiger partial charge in [0.1, 0.15) is 11.4 Å². The third kappa shape index (κ3) is 3.65. The van der Waals surface area contributed by atoms with Gasteiger partial charge in [-0.2, -0.15) is 5.10 Å². The standard InChI is InChI=1S/C16H21N3O3/c1-11-4-5-15(22-3)14(10-11)19-8-6-13(18-19)16(21)17-12(2)7-9-20/h4-6,8,10,12,20H,7,9H2,1-3H3,(H,17,21). The molecule has 1 heterocycles. The van der Waals surface area contributed by atoms with Crippen molar-refractivity contribution in [3.8, 4) is 11.4 Å². The third-order valence-electron chi connectivity index (χ3n) is 3.34. The molecule has 0 saturated heterocycles. The van der Waals surface area contributed by atoms with Crippen molar-refractivity contribution >= 4 is 5.91 Å². The summed E-state index contributed by atoms with van der Waals surface area (Å²) in [6, 6.07) is 7.33. The lowest BCUT2D eigenvalue weighted by molar-refractivity contribution is 0.0929. The molecule has 22 heavy (non-hydrogen) atoms. The van der Waals surface area contributed by atoms with Crippen LogP contribution in [0.25, 0.3) is 5.69 Å². The highest BCUT2D eigenvalue weighted by atomic mass is 16.5. The highest BCUT2D eigenvalue weighted by Crippen LogP contribution is 2.23. The van der Waals surface area contributed by atoms with Crippen LogP contribution in [0.1, 0.15) is 29.4 Å². The van der Waals surface area contributed by atoms with Crippen LogP contribution in [-0.2, 0) is 0 Å². The average molecular weight is 303 g/mol. The Morgan fingerprint density at radius 2 is 2.23 bits per heavy atom. The van der Waals surface area contributed by atoms with Crippen LogP contribution in [-0.4, -0.2) is 40.6 Å². The number of carbonyl (C=O) groups excluding carboxylic acids is 1. The number of amides is 1. The van der Waals surface area contributed by atoms with Crippen molar-refractivity contribution in [3.05, 3.63) is 41.7 Å².